The maximum absolute atomic E-state index is 13.5. The van der Waals surface area contributed by atoms with E-state index in [2.05, 4.69) is 10.6 Å². The Hall–Kier alpha value is -2.80. The maximum atomic E-state index is 13.5. The molecule has 1 aliphatic rings. The summed E-state index contributed by atoms with van der Waals surface area (Å²) in [4.78, 5) is 25.3. The van der Waals surface area contributed by atoms with E-state index in [-0.39, 0.29) is 30.0 Å². The van der Waals surface area contributed by atoms with Crippen LogP contribution in [0.5, 0.6) is 0 Å². The second-order valence-electron chi connectivity index (χ2n) is 7.46. The van der Waals surface area contributed by atoms with Crippen LogP contribution in [-0.4, -0.2) is 37.1 Å². The van der Waals surface area contributed by atoms with Crippen molar-refractivity contribution in [1.82, 2.24) is 10.6 Å². The fourth-order valence-corrected chi connectivity index (χ4v) is 3.34. The van der Waals surface area contributed by atoms with Gasteiger partial charge in [0.05, 0.1) is 5.54 Å². The fourth-order valence-electron chi connectivity index (χ4n) is 3.34. The zero-order valence-electron chi connectivity index (χ0n) is 16.5. The van der Waals surface area contributed by atoms with Crippen LogP contribution in [0.2, 0.25) is 0 Å². The lowest BCUT2D eigenvalue weighted by molar-refractivity contribution is 0.0352. The molecule has 154 valence electrons. The second-order valence-corrected chi connectivity index (χ2v) is 7.46. The van der Waals surface area contributed by atoms with E-state index in [4.69, 9.17) is 4.74 Å². The molecule has 2 aromatic carbocycles. The number of carbonyl (C=O) groups excluding carboxylic acids is 2. The Kier molecular flexibility index (Phi) is 6.27. The van der Waals surface area contributed by atoms with E-state index < -0.39 is 5.54 Å². The van der Waals surface area contributed by atoms with Crippen LogP contribution in [0.3, 0.4) is 0 Å². The smallest absolute Gasteiger partial charge is 0.251 e. The number of rotatable bonds is 5. The lowest BCUT2D eigenvalue weighted by Crippen LogP contribution is -2.58. The van der Waals surface area contributed by atoms with Gasteiger partial charge in [0, 0.05) is 30.9 Å². The van der Waals surface area contributed by atoms with Crippen LogP contribution in [0.1, 0.15) is 44.7 Å². The molecule has 0 bridgehead atoms. The number of hydrogen-bond donors (Lipinski definition) is 2. The summed E-state index contributed by atoms with van der Waals surface area (Å²) < 4.78 is 32.4. The quantitative estimate of drug-likeness (QED) is 0.807. The van der Waals surface area contributed by atoms with E-state index in [1.165, 1.54) is 36.4 Å². The maximum Gasteiger partial charge on any atom is 0.251 e. The first-order chi connectivity index (χ1) is 13.8. The normalized spacial score (nSPS) is 15.6. The highest BCUT2D eigenvalue weighted by Gasteiger charge is 2.35. The SMILES string of the molecule is Cc1cc(C(=O)NCC2(NC(=O)c3ccc(F)c(C)c3)CCOCC2)ccc1F. The third-order valence-electron chi connectivity index (χ3n) is 5.26. The molecule has 0 saturated carbocycles. The number of benzene rings is 2. The molecule has 0 spiro atoms. The molecule has 0 unspecified atom stereocenters. The summed E-state index contributed by atoms with van der Waals surface area (Å²) in [7, 11) is 0. The van der Waals surface area contributed by atoms with Gasteiger partial charge in [0.1, 0.15) is 11.6 Å². The Labute approximate surface area is 168 Å². The largest absolute Gasteiger partial charge is 0.381 e. The Morgan fingerprint density at radius 3 is 1.97 bits per heavy atom. The van der Waals surface area contributed by atoms with Crippen molar-refractivity contribution < 1.29 is 23.1 Å². The van der Waals surface area contributed by atoms with Crippen molar-refractivity contribution in [2.45, 2.75) is 32.2 Å². The monoisotopic (exact) mass is 402 g/mol. The Bertz CT molecular complexity index is 924. The lowest BCUT2D eigenvalue weighted by Gasteiger charge is -2.38. The minimum atomic E-state index is -0.678. The fraction of sp³-hybridized carbons (Fsp3) is 0.364. The molecule has 1 saturated heterocycles. The van der Waals surface area contributed by atoms with Gasteiger partial charge in [-0.05, 0) is 74.2 Å². The van der Waals surface area contributed by atoms with Crippen LogP contribution in [0, 0.1) is 25.5 Å². The molecular formula is C22H24F2N2O3. The summed E-state index contributed by atoms with van der Waals surface area (Å²) in [5.74, 6) is -1.42. The molecule has 0 aliphatic carbocycles. The minimum Gasteiger partial charge on any atom is -0.381 e. The Balaban J connectivity index is 1.72. The number of carbonyl (C=O) groups is 2. The van der Waals surface area contributed by atoms with Crippen molar-refractivity contribution in [1.29, 1.82) is 0 Å². The predicted octanol–water partition coefficient (Wildman–Crippen LogP) is 3.29. The van der Waals surface area contributed by atoms with Crippen LogP contribution in [0.25, 0.3) is 0 Å². The van der Waals surface area contributed by atoms with Crippen molar-refractivity contribution in [2.75, 3.05) is 19.8 Å². The molecule has 29 heavy (non-hydrogen) atoms. The van der Waals surface area contributed by atoms with Crippen molar-refractivity contribution >= 4 is 11.8 Å². The van der Waals surface area contributed by atoms with Gasteiger partial charge in [0.15, 0.2) is 0 Å². The standard InChI is InChI=1S/C22H24F2N2O3/c1-14-11-16(3-5-18(14)23)20(27)25-13-22(7-9-29-10-8-22)26-21(28)17-4-6-19(24)15(2)12-17/h3-6,11-12H,7-10,13H2,1-2H3,(H,25,27)(H,26,28). The topological polar surface area (TPSA) is 67.4 Å². The van der Waals surface area contributed by atoms with Crippen molar-refractivity contribution in [3.05, 3.63) is 70.3 Å². The highest BCUT2D eigenvalue weighted by atomic mass is 19.1. The van der Waals surface area contributed by atoms with Gasteiger partial charge in [-0.2, -0.15) is 0 Å². The van der Waals surface area contributed by atoms with Gasteiger partial charge in [-0.25, -0.2) is 8.78 Å². The van der Waals surface area contributed by atoms with E-state index in [9.17, 15) is 18.4 Å². The zero-order chi connectivity index (χ0) is 21.0. The van der Waals surface area contributed by atoms with E-state index in [1.807, 2.05) is 0 Å². The number of hydrogen-bond acceptors (Lipinski definition) is 3. The van der Waals surface area contributed by atoms with Crippen LogP contribution < -0.4 is 10.6 Å². The highest BCUT2D eigenvalue weighted by Crippen LogP contribution is 2.22. The molecule has 2 N–H and O–H groups in total. The van der Waals surface area contributed by atoms with Crippen LogP contribution in [-0.2, 0) is 4.74 Å². The summed E-state index contributed by atoms with van der Waals surface area (Å²) >= 11 is 0. The van der Waals surface area contributed by atoms with Gasteiger partial charge in [-0.3, -0.25) is 9.59 Å². The first kappa shape index (κ1) is 20.9. The van der Waals surface area contributed by atoms with E-state index in [0.29, 0.717) is 48.3 Å². The molecule has 0 aromatic heterocycles. The van der Waals surface area contributed by atoms with Gasteiger partial charge in [0.25, 0.3) is 11.8 Å². The Morgan fingerprint density at radius 2 is 1.45 bits per heavy atom. The van der Waals surface area contributed by atoms with Crippen molar-refractivity contribution in [3.63, 3.8) is 0 Å². The molecule has 1 heterocycles. The highest BCUT2D eigenvalue weighted by molar-refractivity contribution is 5.96. The molecule has 0 radical (unpaired) electrons. The van der Waals surface area contributed by atoms with Crippen LogP contribution >= 0.6 is 0 Å². The van der Waals surface area contributed by atoms with Crippen molar-refractivity contribution in [3.8, 4) is 0 Å². The minimum absolute atomic E-state index is 0.206. The Morgan fingerprint density at radius 1 is 0.931 bits per heavy atom. The summed E-state index contributed by atoms with van der Waals surface area (Å²) in [6.07, 6.45) is 1.06. The molecule has 2 aromatic rings. The first-order valence-electron chi connectivity index (χ1n) is 9.50. The molecule has 5 nitrogen and oxygen atoms in total. The van der Waals surface area contributed by atoms with Gasteiger partial charge >= 0.3 is 0 Å². The van der Waals surface area contributed by atoms with Gasteiger partial charge < -0.3 is 15.4 Å². The number of ether oxygens (including phenoxy) is 1. The van der Waals surface area contributed by atoms with E-state index in [1.54, 1.807) is 13.8 Å². The summed E-state index contributed by atoms with van der Waals surface area (Å²) in [6, 6.07) is 8.37. The van der Waals surface area contributed by atoms with Crippen LogP contribution in [0.15, 0.2) is 36.4 Å². The van der Waals surface area contributed by atoms with E-state index in [0.717, 1.165) is 0 Å². The molecular weight excluding hydrogens is 378 g/mol. The zero-order valence-corrected chi connectivity index (χ0v) is 16.5. The number of nitrogens with one attached hydrogen (secondary N) is 2. The molecule has 0 atom stereocenters. The third-order valence-corrected chi connectivity index (χ3v) is 5.26. The number of halogens is 2. The molecule has 1 aliphatic heterocycles. The molecule has 3 rings (SSSR count). The molecule has 7 heteroatoms. The lowest BCUT2D eigenvalue weighted by atomic mass is 9.89. The average Bonchev–Trinajstić information content (AvgIpc) is 2.71. The molecule has 1 fully saturated rings. The van der Waals surface area contributed by atoms with E-state index >= 15 is 0 Å². The van der Waals surface area contributed by atoms with Gasteiger partial charge in [0.2, 0.25) is 0 Å². The third kappa shape index (κ3) is 4.98. The second kappa shape index (κ2) is 8.69. The first-order valence-corrected chi connectivity index (χ1v) is 9.50. The predicted molar refractivity (Wildman–Crippen MR) is 105 cm³/mol. The van der Waals surface area contributed by atoms with Gasteiger partial charge in [-0.15, -0.1) is 0 Å². The van der Waals surface area contributed by atoms with Gasteiger partial charge in [-0.1, -0.05) is 0 Å². The number of aryl methyl sites for hydroxylation is 2. The van der Waals surface area contributed by atoms with Crippen LogP contribution in [0.4, 0.5) is 8.78 Å². The molecule has 2 amide bonds. The summed E-state index contributed by atoms with van der Waals surface area (Å²) in [5.41, 5.74) is 0.807. The average molecular weight is 402 g/mol. The summed E-state index contributed by atoms with van der Waals surface area (Å²) in [6.45, 7) is 4.30. The number of amides is 2. The van der Waals surface area contributed by atoms with Crippen molar-refractivity contribution in [2.24, 2.45) is 0 Å². The summed E-state index contributed by atoms with van der Waals surface area (Å²) in [5, 5.41) is 5.85.